The lowest BCUT2D eigenvalue weighted by molar-refractivity contribution is -0.121. The Kier molecular flexibility index (Phi) is 6.60. The SMILES string of the molecule is COc1ccc(S(=O)(=O)N(C)CC(=O)NCCO)cc1OC. The standard InChI is InChI=1S/C13H20N2O6S/c1-15(9-13(17)14-6-7-16)22(18,19)10-4-5-11(20-2)12(8-10)21-3/h4-5,8,16H,6-7,9H2,1-3H3,(H,14,17). The molecule has 0 aliphatic heterocycles. The number of nitrogens with zero attached hydrogens (tertiary/aromatic N) is 1. The first kappa shape index (κ1) is 18.2. The molecule has 0 fully saturated rings. The molecule has 0 aliphatic rings. The Morgan fingerprint density at radius 1 is 1.27 bits per heavy atom. The van der Waals surface area contributed by atoms with Gasteiger partial charge in [0.25, 0.3) is 0 Å². The summed E-state index contributed by atoms with van der Waals surface area (Å²) in [5.74, 6) is 0.187. The second kappa shape index (κ2) is 7.97. The Hall–Kier alpha value is -1.84. The number of nitrogens with one attached hydrogen (secondary N) is 1. The number of hydrogen-bond donors (Lipinski definition) is 2. The third kappa shape index (κ3) is 4.33. The third-order valence-corrected chi connectivity index (χ3v) is 4.66. The summed E-state index contributed by atoms with van der Waals surface area (Å²) in [4.78, 5) is 11.5. The van der Waals surface area contributed by atoms with Gasteiger partial charge in [-0.3, -0.25) is 4.79 Å². The largest absolute Gasteiger partial charge is 0.493 e. The van der Waals surface area contributed by atoms with E-state index in [1.807, 2.05) is 0 Å². The van der Waals surface area contributed by atoms with E-state index < -0.39 is 15.9 Å². The van der Waals surface area contributed by atoms with Crippen molar-refractivity contribution in [2.24, 2.45) is 0 Å². The molecule has 0 aromatic heterocycles. The van der Waals surface area contributed by atoms with Crippen molar-refractivity contribution in [2.75, 3.05) is 41.0 Å². The zero-order chi connectivity index (χ0) is 16.8. The fraction of sp³-hybridized carbons (Fsp3) is 0.462. The average molecular weight is 332 g/mol. The maximum absolute atomic E-state index is 12.4. The number of carbonyl (C=O) groups is 1. The van der Waals surface area contributed by atoms with Crippen molar-refractivity contribution in [1.29, 1.82) is 0 Å². The van der Waals surface area contributed by atoms with Gasteiger partial charge >= 0.3 is 0 Å². The quantitative estimate of drug-likeness (QED) is 0.661. The topological polar surface area (TPSA) is 105 Å². The van der Waals surface area contributed by atoms with Gasteiger partial charge in [-0.2, -0.15) is 4.31 Å². The molecule has 1 amide bonds. The fourth-order valence-corrected chi connectivity index (χ4v) is 2.84. The van der Waals surface area contributed by atoms with Gasteiger partial charge in [-0.15, -0.1) is 0 Å². The molecule has 0 aliphatic carbocycles. The van der Waals surface area contributed by atoms with Crippen molar-refractivity contribution in [3.05, 3.63) is 18.2 Å². The molecule has 8 nitrogen and oxygen atoms in total. The van der Waals surface area contributed by atoms with Gasteiger partial charge in [0.2, 0.25) is 15.9 Å². The van der Waals surface area contributed by atoms with E-state index in [9.17, 15) is 13.2 Å². The van der Waals surface area contributed by atoms with Crippen LogP contribution in [-0.2, 0) is 14.8 Å². The van der Waals surface area contributed by atoms with Crippen LogP contribution in [-0.4, -0.2) is 64.7 Å². The van der Waals surface area contributed by atoms with Crippen molar-refractivity contribution in [1.82, 2.24) is 9.62 Å². The van der Waals surface area contributed by atoms with Crippen LogP contribution in [0, 0.1) is 0 Å². The van der Waals surface area contributed by atoms with Crippen LogP contribution < -0.4 is 14.8 Å². The monoisotopic (exact) mass is 332 g/mol. The van der Waals surface area contributed by atoms with E-state index in [2.05, 4.69) is 5.32 Å². The molecule has 0 spiro atoms. The first-order valence-electron chi connectivity index (χ1n) is 6.42. The Morgan fingerprint density at radius 2 is 1.91 bits per heavy atom. The van der Waals surface area contributed by atoms with Gasteiger partial charge in [-0.05, 0) is 12.1 Å². The normalized spacial score (nSPS) is 11.3. The highest BCUT2D eigenvalue weighted by Gasteiger charge is 2.24. The third-order valence-electron chi connectivity index (χ3n) is 2.86. The van der Waals surface area contributed by atoms with Crippen LogP contribution in [0.1, 0.15) is 0 Å². The van der Waals surface area contributed by atoms with E-state index in [-0.39, 0.29) is 30.3 Å². The molecule has 0 radical (unpaired) electrons. The van der Waals surface area contributed by atoms with E-state index in [0.29, 0.717) is 5.75 Å². The van der Waals surface area contributed by atoms with Crippen LogP contribution in [0.3, 0.4) is 0 Å². The molecule has 22 heavy (non-hydrogen) atoms. The summed E-state index contributed by atoms with van der Waals surface area (Å²) >= 11 is 0. The summed E-state index contributed by atoms with van der Waals surface area (Å²) in [5, 5.41) is 11.0. The van der Waals surface area contributed by atoms with Crippen molar-refractivity contribution in [2.45, 2.75) is 4.90 Å². The highest BCUT2D eigenvalue weighted by molar-refractivity contribution is 7.89. The van der Waals surface area contributed by atoms with Crippen LogP contribution >= 0.6 is 0 Å². The average Bonchev–Trinajstić information content (AvgIpc) is 2.51. The summed E-state index contributed by atoms with van der Waals surface area (Å²) in [6, 6.07) is 4.18. The number of aliphatic hydroxyl groups is 1. The van der Waals surface area contributed by atoms with Gasteiger partial charge in [0.05, 0.1) is 32.3 Å². The number of rotatable bonds is 8. The van der Waals surface area contributed by atoms with Gasteiger partial charge in [-0.25, -0.2) is 8.42 Å². The second-order valence-electron chi connectivity index (χ2n) is 4.35. The smallest absolute Gasteiger partial charge is 0.243 e. The summed E-state index contributed by atoms with van der Waals surface area (Å²) < 4.78 is 35.9. The van der Waals surface area contributed by atoms with Crippen molar-refractivity contribution in [3.8, 4) is 11.5 Å². The number of benzene rings is 1. The molecule has 124 valence electrons. The fourth-order valence-electron chi connectivity index (χ4n) is 1.70. The number of sulfonamides is 1. The van der Waals surface area contributed by atoms with Crippen molar-refractivity contribution in [3.63, 3.8) is 0 Å². The predicted octanol–water partition coefficient (Wildman–Crippen LogP) is -0.567. The van der Waals surface area contributed by atoms with Crippen LogP contribution in [0.2, 0.25) is 0 Å². The van der Waals surface area contributed by atoms with E-state index >= 15 is 0 Å². The predicted molar refractivity (Wildman–Crippen MR) is 79.5 cm³/mol. The molecule has 0 bridgehead atoms. The zero-order valence-electron chi connectivity index (χ0n) is 12.7. The highest BCUT2D eigenvalue weighted by atomic mass is 32.2. The Balaban J connectivity index is 2.96. The van der Waals surface area contributed by atoms with Crippen LogP contribution in [0.15, 0.2) is 23.1 Å². The molecule has 0 saturated heterocycles. The summed E-state index contributed by atoms with van der Waals surface area (Å²) in [7, 11) is 0.305. The highest BCUT2D eigenvalue weighted by Crippen LogP contribution is 2.30. The first-order valence-corrected chi connectivity index (χ1v) is 7.86. The van der Waals surface area contributed by atoms with E-state index in [0.717, 1.165) is 4.31 Å². The summed E-state index contributed by atoms with van der Waals surface area (Å²) in [6.07, 6.45) is 0. The van der Waals surface area contributed by atoms with Gasteiger partial charge in [0, 0.05) is 19.7 Å². The van der Waals surface area contributed by atoms with E-state index in [1.54, 1.807) is 0 Å². The number of methoxy groups -OCH3 is 2. The van der Waals surface area contributed by atoms with Crippen molar-refractivity contribution >= 4 is 15.9 Å². The maximum atomic E-state index is 12.4. The minimum atomic E-state index is -3.84. The van der Waals surface area contributed by atoms with E-state index in [4.69, 9.17) is 14.6 Å². The molecule has 0 unspecified atom stereocenters. The van der Waals surface area contributed by atoms with Crippen LogP contribution in [0.25, 0.3) is 0 Å². The Bertz CT molecular complexity index is 617. The van der Waals surface area contributed by atoms with Gasteiger partial charge in [0.15, 0.2) is 11.5 Å². The molecule has 0 saturated carbocycles. The zero-order valence-corrected chi connectivity index (χ0v) is 13.5. The van der Waals surface area contributed by atoms with Gasteiger partial charge in [0.1, 0.15) is 0 Å². The van der Waals surface area contributed by atoms with Crippen LogP contribution in [0.5, 0.6) is 11.5 Å². The molecular formula is C13H20N2O6S. The minimum absolute atomic E-state index is 0.0115. The van der Waals surface area contributed by atoms with Crippen LogP contribution in [0.4, 0.5) is 0 Å². The molecule has 0 atom stereocenters. The summed E-state index contributed by atoms with van der Waals surface area (Å²) in [6.45, 7) is -0.488. The van der Waals surface area contributed by atoms with Crippen molar-refractivity contribution < 1.29 is 27.8 Å². The second-order valence-corrected chi connectivity index (χ2v) is 6.40. The Labute approximate surface area is 129 Å². The number of aliphatic hydroxyl groups excluding tert-OH is 1. The molecule has 1 rings (SSSR count). The molecular weight excluding hydrogens is 312 g/mol. The van der Waals surface area contributed by atoms with E-state index in [1.165, 1.54) is 39.5 Å². The Morgan fingerprint density at radius 3 is 2.45 bits per heavy atom. The number of ether oxygens (including phenoxy) is 2. The molecule has 9 heteroatoms. The maximum Gasteiger partial charge on any atom is 0.243 e. The number of carbonyl (C=O) groups excluding carboxylic acids is 1. The summed E-state index contributed by atoms with van der Waals surface area (Å²) in [5.41, 5.74) is 0. The number of amides is 1. The number of hydrogen-bond acceptors (Lipinski definition) is 6. The first-order chi connectivity index (χ1) is 10.4. The lowest BCUT2D eigenvalue weighted by Crippen LogP contribution is -2.39. The van der Waals surface area contributed by atoms with Gasteiger partial charge in [-0.1, -0.05) is 0 Å². The molecule has 1 aromatic carbocycles. The molecule has 0 heterocycles. The molecule has 1 aromatic rings. The van der Waals surface area contributed by atoms with Gasteiger partial charge < -0.3 is 19.9 Å². The lowest BCUT2D eigenvalue weighted by Gasteiger charge is -2.17. The number of likely N-dealkylation sites (N-methyl/N-ethyl adjacent to an activating group) is 1. The minimum Gasteiger partial charge on any atom is -0.493 e. The lowest BCUT2D eigenvalue weighted by atomic mass is 10.3. The molecule has 2 N–H and O–H groups in total.